The largest absolute Gasteiger partial charge is 0.449 e. The van der Waals surface area contributed by atoms with Gasteiger partial charge in [-0.05, 0) is 48.4 Å². The van der Waals surface area contributed by atoms with E-state index in [1.165, 1.54) is 24.3 Å². The molecule has 2 aromatic rings. The predicted octanol–water partition coefficient (Wildman–Crippen LogP) is 4.21. The normalized spacial score (nSPS) is 15.4. The summed E-state index contributed by atoms with van der Waals surface area (Å²) in [6, 6.07) is 7.56. The summed E-state index contributed by atoms with van der Waals surface area (Å²) in [4.78, 5) is 26.1. The van der Waals surface area contributed by atoms with Crippen molar-refractivity contribution in [2.24, 2.45) is 17.1 Å². The van der Waals surface area contributed by atoms with Gasteiger partial charge < -0.3 is 20.7 Å². The highest BCUT2D eigenvalue weighted by Gasteiger charge is 2.32. The fourth-order valence-electron chi connectivity index (χ4n) is 3.91. The quantitative estimate of drug-likeness (QED) is 0.624. The summed E-state index contributed by atoms with van der Waals surface area (Å²) in [6.45, 7) is 7.38. The van der Waals surface area contributed by atoms with E-state index in [4.69, 9.17) is 10.5 Å². The van der Waals surface area contributed by atoms with Crippen LogP contribution in [0.15, 0.2) is 30.5 Å². The van der Waals surface area contributed by atoms with Crippen molar-refractivity contribution in [3.05, 3.63) is 41.8 Å². The number of nitrogens with one attached hydrogen (secondary N) is 1. The van der Waals surface area contributed by atoms with Crippen LogP contribution in [0.4, 0.5) is 20.7 Å². The zero-order valence-electron chi connectivity index (χ0n) is 19.8. The lowest BCUT2D eigenvalue weighted by Crippen LogP contribution is -2.41. The number of amides is 2. The summed E-state index contributed by atoms with van der Waals surface area (Å²) < 4.78 is 20.2. The molecule has 2 amide bonds. The van der Waals surface area contributed by atoms with Crippen LogP contribution in [0.3, 0.4) is 0 Å². The molecule has 10 heteroatoms. The molecule has 3 N–H and O–H groups in total. The number of piperidine rings is 1. The number of hydrogen-bond acceptors (Lipinski definition) is 6. The first-order chi connectivity index (χ1) is 16.1. The molecule has 0 radical (unpaired) electrons. The van der Waals surface area contributed by atoms with E-state index < -0.39 is 5.91 Å². The number of likely N-dealkylation sites (tertiary alicyclic amines) is 1. The second-order valence-corrected chi connectivity index (χ2v) is 9.74. The monoisotopic (exact) mass is 470 g/mol. The molecular weight excluding hydrogens is 439 g/mol. The van der Waals surface area contributed by atoms with Gasteiger partial charge in [-0.2, -0.15) is 10.4 Å². The Bertz CT molecular complexity index is 1050. The Balaban J connectivity index is 1.72. The number of aromatic nitrogens is 2. The van der Waals surface area contributed by atoms with E-state index in [-0.39, 0.29) is 47.1 Å². The highest BCUT2D eigenvalue weighted by Crippen LogP contribution is 2.33. The Kier molecular flexibility index (Phi) is 7.76. The van der Waals surface area contributed by atoms with Crippen molar-refractivity contribution in [2.75, 3.05) is 25.0 Å². The summed E-state index contributed by atoms with van der Waals surface area (Å²) in [5.74, 6) is -0.729. The molecular formula is C24H31FN6O3. The molecule has 9 nitrogen and oxygen atoms in total. The minimum atomic E-state index is -0.664. The van der Waals surface area contributed by atoms with Crippen LogP contribution in [-0.4, -0.2) is 46.4 Å². The summed E-state index contributed by atoms with van der Waals surface area (Å²) in [5, 5.41) is 16.9. The van der Waals surface area contributed by atoms with E-state index in [2.05, 4.69) is 16.5 Å². The van der Waals surface area contributed by atoms with Crippen molar-refractivity contribution < 1.29 is 18.7 Å². The predicted molar refractivity (Wildman–Crippen MR) is 125 cm³/mol. The van der Waals surface area contributed by atoms with E-state index in [9.17, 15) is 19.2 Å². The molecule has 0 saturated carbocycles. The maximum absolute atomic E-state index is 13.2. The number of hydrogen-bond donors (Lipinski definition) is 2. The average Bonchev–Trinajstić information content (AvgIpc) is 3.21. The summed E-state index contributed by atoms with van der Waals surface area (Å²) in [7, 11) is 0. The van der Waals surface area contributed by atoms with Gasteiger partial charge >= 0.3 is 6.09 Å². The van der Waals surface area contributed by atoms with Gasteiger partial charge in [0.2, 0.25) is 0 Å². The van der Waals surface area contributed by atoms with Gasteiger partial charge in [0.1, 0.15) is 11.4 Å². The Morgan fingerprint density at radius 1 is 1.29 bits per heavy atom. The van der Waals surface area contributed by atoms with E-state index >= 15 is 0 Å². The average molecular weight is 471 g/mol. The van der Waals surface area contributed by atoms with Crippen LogP contribution in [-0.2, 0) is 4.74 Å². The number of benzene rings is 1. The van der Waals surface area contributed by atoms with Crippen LogP contribution in [0.1, 0.15) is 56.4 Å². The lowest BCUT2D eigenvalue weighted by molar-refractivity contribution is 0.0575. The van der Waals surface area contributed by atoms with Crippen LogP contribution >= 0.6 is 0 Å². The molecule has 1 aromatic heterocycles. The molecule has 0 spiro atoms. The van der Waals surface area contributed by atoms with Gasteiger partial charge in [-0.3, -0.25) is 9.48 Å². The molecule has 2 heterocycles. The number of nitriles is 1. The first kappa shape index (κ1) is 25.0. The van der Waals surface area contributed by atoms with Crippen molar-refractivity contribution in [3.63, 3.8) is 0 Å². The maximum atomic E-state index is 13.2. The van der Waals surface area contributed by atoms with Gasteiger partial charge in [0, 0.05) is 25.0 Å². The van der Waals surface area contributed by atoms with Crippen LogP contribution in [0.2, 0.25) is 0 Å². The van der Waals surface area contributed by atoms with E-state index in [0.717, 1.165) is 0 Å². The first-order valence-corrected chi connectivity index (χ1v) is 11.3. The lowest BCUT2D eigenvalue weighted by Gasteiger charge is -2.35. The highest BCUT2D eigenvalue weighted by molar-refractivity contribution is 5.98. The minimum Gasteiger partial charge on any atom is -0.449 e. The summed E-state index contributed by atoms with van der Waals surface area (Å²) in [6.07, 6.45) is 2.74. The third-order valence-electron chi connectivity index (χ3n) is 5.72. The molecule has 0 unspecified atom stereocenters. The van der Waals surface area contributed by atoms with Crippen LogP contribution in [0.5, 0.6) is 0 Å². The van der Waals surface area contributed by atoms with Crippen molar-refractivity contribution in [3.8, 4) is 6.07 Å². The number of anilines is 2. The zero-order valence-corrected chi connectivity index (χ0v) is 19.8. The van der Waals surface area contributed by atoms with Gasteiger partial charge in [0.05, 0.1) is 25.1 Å². The molecule has 182 valence electrons. The standard InChI is InChI=1S/C24H31FN6O3/c1-24(2,3)15-34-23(33)30-12-9-16(10-13-30)20(8-11-26)31-14-19(21(27)32)22(29-31)28-18-6-4-17(25)5-7-18/h4-7,14,16,20H,8-10,12-13,15H2,1-3H3,(H2,27,32)(H,28,29)/t20-/m1/s1. The van der Waals surface area contributed by atoms with Gasteiger partial charge in [0.25, 0.3) is 5.91 Å². The van der Waals surface area contributed by atoms with Crippen molar-refractivity contribution in [1.82, 2.24) is 14.7 Å². The Morgan fingerprint density at radius 3 is 2.50 bits per heavy atom. The number of ether oxygens (including phenoxy) is 1. The molecule has 3 rings (SSSR count). The number of carbonyl (C=O) groups is 2. The molecule has 1 aliphatic rings. The third kappa shape index (κ3) is 6.47. The molecule has 1 saturated heterocycles. The minimum absolute atomic E-state index is 0.0746. The van der Waals surface area contributed by atoms with Crippen molar-refractivity contribution in [1.29, 1.82) is 5.26 Å². The van der Waals surface area contributed by atoms with Gasteiger partial charge in [0.15, 0.2) is 5.82 Å². The second kappa shape index (κ2) is 10.5. The molecule has 1 aromatic carbocycles. The van der Waals surface area contributed by atoms with Crippen LogP contribution < -0.4 is 11.1 Å². The number of halogens is 1. The zero-order chi connectivity index (χ0) is 24.9. The lowest BCUT2D eigenvalue weighted by atomic mass is 9.88. The van der Waals surface area contributed by atoms with Gasteiger partial charge in [-0.15, -0.1) is 0 Å². The van der Waals surface area contributed by atoms with Crippen LogP contribution in [0.25, 0.3) is 0 Å². The summed E-state index contributed by atoms with van der Waals surface area (Å²) >= 11 is 0. The fraction of sp³-hybridized carbons (Fsp3) is 0.500. The Labute approximate surface area is 198 Å². The number of primary amides is 1. The summed E-state index contributed by atoms with van der Waals surface area (Å²) in [5.41, 5.74) is 6.17. The Morgan fingerprint density at radius 2 is 1.94 bits per heavy atom. The maximum Gasteiger partial charge on any atom is 0.409 e. The molecule has 34 heavy (non-hydrogen) atoms. The molecule has 0 aliphatic carbocycles. The number of carbonyl (C=O) groups excluding carboxylic acids is 2. The van der Waals surface area contributed by atoms with Gasteiger partial charge in [-0.25, -0.2) is 9.18 Å². The second-order valence-electron chi connectivity index (χ2n) is 9.74. The van der Waals surface area contributed by atoms with Crippen LogP contribution in [0, 0.1) is 28.5 Å². The van der Waals surface area contributed by atoms with E-state index in [1.54, 1.807) is 15.8 Å². The SMILES string of the molecule is CC(C)(C)COC(=O)N1CCC([C@@H](CC#N)n2cc(C(N)=O)c(Nc3ccc(F)cc3)n2)CC1. The fourth-order valence-corrected chi connectivity index (χ4v) is 3.91. The van der Waals surface area contributed by atoms with Crippen molar-refractivity contribution in [2.45, 2.75) is 46.1 Å². The topological polar surface area (TPSA) is 126 Å². The Hall–Kier alpha value is -3.61. The molecule has 1 fully saturated rings. The molecule has 1 atom stereocenters. The van der Waals surface area contributed by atoms with E-state index in [0.29, 0.717) is 38.2 Å². The number of nitrogens with zero attached hydrogens (tertiary/aromatic N) is 4. The third-order valence-corrected chi connectivity index (χ3v) is 5.72. The number of rotatable bonds is 7. The smallest absolute Gasteiger partial charge is 0.409 e. The van der Waals surface area contributed by atoms with Gasteiger partial charge in [-0.1, -0.05) is 20.8 Å². The molecule has 0 bridgehead atoms. The van der Waals surface area contributed by atoms with Crippen molar-refractivity contribution >= 4 is 23.5 Å². The molecule has 1 aliphatic heterocycles. The highest BCUT2D eigenvalue weighted by atomic mass is 19.1. The number of nitrogens with two attached hydrogens (primary N) is 1. The first-order valence-electron chi connectivity index (χ1n) is 11.3. The van der Waals surface area contributed by atoms with E-state index in [1.807, 2.05) is 20.8 Å².